The van der Waals surface area contributed by atoms with Crippen LogP contribution in [0.3, 0.4) is 0 Å². The van der Waals surface area contributed by atoms with Crippen molar-refractivity contribution < 1.29 is 22.7 Å². The highest BCUT2D eigenvalue weighted by atomic mass is 32.2. The van der Waals surface area contributed by atoms with Gasteiger partial charge in [-0.15, -0.1) is 11.3 Å². The van der Waals surface area contributed by atoms with E-state index in [4.69, 9.17) is 4.74 Å². The van der Waals surface area contributed by atoms with Crippen molar-refractivity contribution in [1.29, 1.82) is 0 Å². The molecule has 1 unspecified atom stereocenters. The van der Waals surface area contributed by atoms with Crippen molar-refractivity contribution >= 4 is 33.2 Å². The first kappa shape index (κ1) is 22.0. The van der Waals surface area contributed by atoms with Gasteiger partial charge in [-0.3, -0.25) is 4.79 Å². The molecule has 166 valence electrons. The van der Waals surface area contributed by atoms with E-state index < -0.39 is 16.0 Å². The van der Waals surface area contributed by atoms with E-state index in [0.717, 1.165) is 6.42 Å². The van der Waals surface area contributed by atoms with E-state index in [1.165, 1.54) is 34.0 Å². The molecule has 7 nitrogen and oxygen atoms in total. The van der Waals surface area contributed by atoms with Crippen molar-refractivity contribution in [3.05, 3.63) is 51.7 Å². The molecule has 0 bridgehead atoms. The van der Waals surface area contributed by atoms with Gasteiger partial charge in [-0.2, -0.15) is 4.31 Å². The highest BCUT2D eigenvalue weighted by molar-refractivity contribution is 7.89. The Kier molecular flexibility index (Phi) is 6.18. The van der Waals surface area contributed by atoms with Crippen molar-refractivity contribution in [3.63, 3.8) is 0 Å². The SMILES string of the molecule is COC(=O)c1ccccc1S(=O)(=O)N1CCC(C(=O)N2CCc3sccc3C2C)CC1. The average Bonchev–Trinajstić information content (AvgIpc) is 3.28. The standard InChI is InChI=1S/C22H26N2O5S2/c1-15-17-10-14-30-19(17)9-13-24(15)21(25)16-7-11-23(12-8-16)31(27,28)20-6-4-3-5-18(20)22(26)29-2/h3-6,10,14-16H,7-9,11-13H2,1-2H3. The number of esters is 1. The molecule has 0 aliphatic carbocycles. The van der Waals surface area contributed by atoms with Crippen LogP contribution in [0.2, 0.25) is 0 Å². The third kappa shape index (κ3) is 4.02. The lowest BCUT2D eigenvalue weighted by molar-refractivity contribution is -0.139. The summed E-state index contributed by atoms with van der Waals surface area (Å²) in [6.45, 7) is 3.27. The quantitative estimate of drug-likeness (QED) is 0.652. The van der Waals surface area contributed by atoms with Gasteiger partial charge in [0.05, 0.1) is 23.6 Å². The minimum Gasteiger partial charge on any atom is -0.465 e. The molecule has 1 amide bonds. The summed E-state index contributed by atoms with van der Waals surface area (Å²) in [5.74, 6) is -0.766. The van der Waals surface area contributed by atoms with Gasteiger partial charge >= 0.3 is 5.97 Å². The zero-order valence-corrected chi connectivity index (χ0v) is 19.2. The lowest BCUT2D eigenvalue weighted by atomic mass is 9.93. The van der Waals surface area contributed by atoms with Crippen molar-refractivity contribution in [3.8, 4) is 0 Å². The number of amides is 1. The fraction of sp³-hybridized carbons (Fsp3) is 0.455. The molecular formula is C22H26N2O5S2. The third-order valence-corrected chi connectivity index (χ3v) is 9.23. The zero-order valence-electron chi connectivity index (χ0n) is 17.6. The van der Waals surface area contributed by atoms with Gasteiger partial charge in [-0.1, -0.05) is 12.1 Å². The molecule has 1 atom stereocenters. The van der Waals surface area contributed by atoms with Gasteiger partial charge < -0.3 is 9.64 Å². The van der Waals surface area contributed by atoms with Crippen molar-refractivity contribution in [2.24, 2.45) is 5.92 Å². The maximum absolute atomic E-state index is 13.2. The predicted molar refractivity (Wildman–Crippen MR) is 117 cm³/mol. The van der Waals surface area contributed by atoms with Crippen LogP contribution < -0.4 is 0 Å². The van der Waals surface area contributed by atoms with Gasteiger partial charge in [0.1, 0.15) is 0 Å². The number of benzene rings is 1. The Bertz CT molecular complexity index is 1090. The molecule has 2 aromatic rings. The van der Waals surface area contributed by atoms with Crippen LogP contribution in [-0.4, -0.2) is 56.2 Å². The first-order valence-electron chi connectivity index (χ1n) is 10.4. The van der Waals surface area contributed by atoms with E-state index in [1.807, 2.05) is 4.90 Å². The van der Waals surface area contributed by atoms with Crippen LogP contribution in [-0.2, 0) is 26.0 Å². The number of methoxy groups -OCH3 is 1. The van der Waals surface area contributed by atoms with Gasteiger partial charge in [-0.05, 0) is 55.3 Å². The van der Waals surface area contributed by atoms with Gasteiger partial charge in [0.2, 0.25) is 15.9 Å². The molecule has 4 rings (SSSR count). The number of carbonyl (C=O) groups excluding carboxylic acids is 2. The molecule has 1 aromatic carbocycles. The number of piperidine rings is 1. The number of carbonyl (C=O) groups is 2. The number of hydrogen-bond donors (Lipinski definition) is 0. The number of ether oxygens (including phenoxy) is 1. The Morgan fingerprint density at radius 1 is 1.10 bits per heavy atom. The molecule has 0 saturated carbocycles. The summed E-state index contributed by atoms with van der Waals surface area (Å²) in [6, 6.07) is 8.22. The Morgan fingerprint density at radius 3 is 2.52 bits per heavy atom. The van der Waals surface area contributed by atoms with Crippen molar-refractivity contribution in [2.45, 2.75) is 37.1 Å². The number of thiophene rings is 1. The van der Waals surface area contributed by atoms with Gasteiger partial charge in [0.25, 0.3) is 0 Å². The minimum absolute atomic E-state index is 0.0249. The normalized spacial score (nSPS) is 20.3. The van der Waals surface area contributed by atoms with Crippen LogP contribution in [0.25, 0.3) is 0 Å². The molecule has 1 fully saturated rings. The van der Waals surface area contributed by atoms with Crippen LogP contribution in [0, 0.1) is 5.92 Å². The number of hydrogen-bond acceptors (Lipinski definition) is 6. The van der Waals surface area contributed by atoms with Crippen LogP contribution in [0.15, 0.2) is 40.6 Å². The molecule has 31 heavy (non-hydrogen) atoms. The van der Waals surface area contributed by atoms with E-state index in [2.05, 4.69) is 18.4 Å². The predicted octanol–water partition coefficient (Wildman–Crippen LogP) is 3.08. The molecule has 2 aliphatic heterocycles. The van der Waals surface area contributed by atoms with E-state index in [-0.39, 0.29) is 41.4 Å². The van der Waals surface area contributed by atoms with Crippen LogP contribution in [0.5, 0.6) is 0 Å². The number of fused-ring (bicyclic) bond motifs is 1. The van der Waals surface area contributed by atoms with Crippen LogP contribution in [0.1, 0.15) is 46.6 Å². The topological polar surface area (TPSA) is 84.0 Å². The largest absolute Gasteiger partial charge is 0.465 e. The summed E-state index contributed by atoms with van der Waals surface area (Å²) in [6.07, 6.45) is 1.82. The van der Waals surface area contributed by atoms with E-state index in [1.54, 1.807) is 23.5 Å². The molecule has 9 heteroatoms. The van der Waals surface area contributed by atoms with E-state index in [0.29, 0.717) is 19.4 Å². The Hall–Kier alpha value is -2.23. The third-order valence-electron chi connectivity index (χ3n) is 6.27. The average molecular weight is 463 g/mol. The second-order valence-electron chi connectivity index (χ2n) is 7.92. The van der Waals surface area contributed by atoms with Gasteiger partial charge in [0.15, 0.2) is 0 Å². The smallest absolute Gasteiger partial charge is 0.339 e. The monoisotopic (exact) mass is 462 g/mol. The second kappa shape index (κ2) is 8.72. The van der Waals surface area contributed by atoms with Crippen LogP contribution in [0.4, 0.5) is 0 Å². The van der Waals surface area contributed by atoms with Gasteiger partial charge in [-0.25, -0.2) is 13.2 Å². The van der Waals surface area contributed by atoms with Crippen molar-refractivity contribution in [2.75, 3.05) is 26.7 Å². The molecule has 1 aromatic heterocycles. The molecule has 0 spiro atoms. The molecule has 0 radical (unpaired) electrons. The highest BCUT2D eigenvalue weighted by Crippen LogP contribution is 2.35. The Morgan fingerprint density at radius 2 is 1.81 bits per heavy atom. The fourth-order valence-electron chi connectivity index (χ4n) is 4.50. The number of rotatable bonds is 4. The molecule has 2 aliphatic rings. The first-order chi connectivity index (χ1) is 14.8. The highest BCUT2D eigenvalue weighted by Gasteiger charge is 2.37. The van der Waals surface area contributed by atoms with Gasteiger partial charge in [0, 0.05) is 30.4 Å². The van der Waals surface area contributed by atoms with Crippen LogP contribution >= 0.6 is 11.3 Å². The number of nitrogens with zero attached hydrogens (tertiary/aromatic N) is 2. The summed E-state index contributed by atoms with van der Waals surface area (Å²) in [4.78, 5) is 28.5. The molecule has 3 heterocycles. The minimum atomic E-state index is -3.86. The summed E-state index contributed by atoms with van der Waals surface area (Å²) in [7, 11) is -2.63. The van der Waals surface area contributed by atoms with Crippen molar-refractivity contribution in [1.82, 2.24) is 9.21 Å². The zero-order chi connectivity index (χ0) is 22.2. The number of sulfonamides is 1. The summed E-state index contributed by atoms with van der Waals surface area (Å²) >= 11 is 1.74. The van der Waals surface area contributed by atoms with E-state index in [9.17, 15) is 18.0 Å². The lowest BCUT2D eigenvalue weighted by Gasteiger charge is -2.38. The Labute approximate surface area is 186 Å². The van der Waals surface area contributed by atoms with E-state index >= 15 is 0 Å². The fourth-order valence-corrected chi connectivity index (χ4v) is 7.11. The molecular weight excluding hydrogens is 436 g/mol. The Balaban J connectivity index is 1.46. The summed E-state index contributed by atoms with van der Waals surface area (Å²) in [5.41, 5.74) is 1.25. The second-order valence-corrected chi connectivity index (χ2v) is 10.8. The maximum Gasteiger partial charge on any atom is 0.339 e. The summed E-state index contributed by atoms with van der Waals surface area (Å²) < 4.78 is 32.5. The molecule has 0 N–H and O–H groups in total. The maximum atomic E-state index is 13.2. The first-order valence-corrected chi connectivity index (χ1v) is 12.7. The molecule has 1 saturated heterocycles. The lowest BCUT2D eigenvalue weighted by Crippen LogP contribution is -2.46. The summed E-state index contributed by atoms with van der Waals surface area (Å²) in [5, 5.41) is 2.07.